The number of anilines is 2. The first-order chi connectivity index (χ1) is 9.58. The maximum absolute atomic E-state index is 6.00. The van der Waals surface area contributed by atoms with Gasteiger partial charge >= 0.3 is 0 Å². The fourth-order valence-corrected chi connectivity index (χ4v) is 2.32. The predicted molar refractivity (Wildman–Crippen MR) is 88.4 cm³/mol. The molecule has 0 amide bonds. The Morgan fingerprint density at radius 2 is 1.65 bits per heavy atom. The first kappa shape index (κ1) is 14.4. The van der Waals surface area contributed by atoms with E-state index in [0.29, 0.717) is 5.92 Å². The molecule has 106 valence electrons. The zero-order valence-electron chi connectivity index (χ0n) is 12.6. The largest absolute Gasteiger partial charge is 0.397 e. The minimum absolute atomic E-state index is 0.593. The number of nitrogens with two attached hydrogens (primary N) is 1. The fraction of sp³-hybridized carbons (Fsp3) is 0.333. The third-order valence-electron chi connectivity index (χ3n) is 3.73. The quantitative estimate of drug-likeness (QED) is 0.828. The summed E-state index contributed by atoms with van der Waals surface area (Å²) in [5, 5.41) is 0. The number of rotatable bonds is 5. The van der Waals surface area contributed by atoms with Crippen LogP contribution in [0.15, 0.2) is 48.5 Å². The van der Waals surface area contributed by atoms with Crippen LogP contribution in [0.1, 0.15) is 30.9 Å². The highest BCUT2D eigenvalue weighted by Crippen LogP contribution is 2.21. The van der Waals surface area contributed by atoms with Gasteiger partial charge in [-0.2, -0.15) is 0 Å². The van der Waals surface area contributed by atoms with Crippen LogP contribution in [0.3, 0.4) is 0 Å². The number of nitrogen functional groups attached to an aromatic ring is 1. The zero-order valence-corrected chi connectivity index (χ0v) is 12.6. The van der Waals surface area contributed by atoms with Gasteiger partial charge in [-0.05, 0) is 35.6 Å². The van der Waals surface area contributed by atoms with Crippen molar-refractivity contribution in [2.75, 3.05) is 24.2 Å². The summed E-state index contributed by atoms with van der Waals surface area (Å²) in [6, 6.07) is 16.9. The van der Waals surface area contributed by atoms with Crippen molar-refractivity contribution in [3.05, 3.63) is 59.7 Å². The molecule has 0 saturated heterocycles. The van der Waals surface area contributed by atoms with E-state index in [-0.39, 0.29) is 0 Å². The van der Waals surface area contributed by atoms with E-state index >= 15 is 0 Å². The fourth-order valence-electron chi connectivity index (χ4n) is 2.32. The number of para-hydroxylation sites is 2. The molecule has 0 unspecified atom stereocenters. The SMILES string of the molecule is CC(C)c1ccc(CCN(C)c2ccccc2N)cc1. The lowest BCUT2D eigenvalue weighted by Gasteiger charge is -2.21. The van der Waals surface area contributed by atoms with Crippen LogP contribution in [0.2, 0.25) is 0 Å². The summed E-state index contributed by atoms with van der Waals surface area (Å²) in [6.07, 6.45) is 1.03. The van der Waals surface area contributed by atoms with Crippen LogP contribution in [0.25, 0.3) is 0 Å². The van der Waals surface area contributed by atoms with Gasteiger partial charge < -0.3 is 10.6 Å². The third kappa shape index (κ3) is 3.53. The summed E-state index contributed by atoms with van der Waals surface area (Å²) in [6.45, 7) is 5.41. The second-order valence-corrected chi connectivity index (χ2v) is 5.63. The summed E-state index contributed by atoms with van der Waals surface area (Å²) in [5.41, 5.74) is 10.7. The molecule has 2 heteroatoms. The van der Waals surface area contributed by atoms with Gasteiger partial charge in [0.05, 0.1) is 11.4 Å². The molecule has 2 aromatic rings. The molecular formula is C18H24N2. The van der Waals surface area contributed by atoms with Crippen molar-refractivity contribution >= 4 is 11.4 Å². The summed E-state index contributed by atoms with van der Waals surface area (Å²) < 4.78 is 0. The Kier molecular flexibility index (Phi) is 4.67. The maximum Gasteiger partial charge on any atom is 0.0597 e. The molecule has 0 aliphatic heterocycles. The number of likely N-dealkylation sites (N-methyl/N-ethyl adjacent to an activating group) is 1. The highest BCUT2D eigenvalue weighted by molar-refractivity contribution is 5.66. The molecule has 2 nitrogen and oxygen atoms in total. The van der Waals surface area contributed by atoms with E-state index in [9.17, 15) is 0 Å². The van der Waals surface area contributed by atoms with Gasteiger partial charge in [-0.1, -0.05) is 50.2 Å². The second-order valence-electron chi connectivity index (χ2n) is 5.63. The molecule has 2 rings (SSSR count). The molecule has 0 atom stereocenters. The third-order valence-corrected chi connectivity index (χ3v) is 3.73. The average molecular weight is 268 g/mol. The molecule has 0 heterocycles. The Bertz CT molecular complexity index is 544. The summed E-state index contributed by atoms with van der Waals surface area (Å²) in [7, 11) is 2.09. The van der Waals surface area contributed by atoms with Crippen LogP contribution in [-0.4, -0.2) is 13.6 Å². The van der Waals surface area contributed by atoms with E-state index in [0.717, 1.165) is 24.3 Å². The number of hydrogen-bond acceptors (Lipinski definition) is 2. The Balaban J connectivity index is 1.96. The van der Waals surface area contributed by atoms with Crippen LogP contribution in [0.4, 0.5) is 11.4 Å². The molecule has 0 fully saturated rings. The highest BCUT2D eigenvalue weighted by atomic mass is 15.1. The van der Waals surface area contributed by atoms with Crippen LogP contribution >= 0.6 is 0 Å². The normalized spacial score (nSPS) is 10.8. The maximum atomic E-state index is 6.00. The van der Waals surface area contributed by atoms with Gasteiger partial charge in [0, 0.05) is 13.6 Å². The molecule has 2 N–H and O–H groups in total. The predicted octanol–water partition coefficient (Wildman–Crippen LogP) is 4.07. The molecule has 0 spiro atoms. The molecule has 0 aromatic heterocycles. The molecule has 0 saturated carbocycles. The molecule has 0 aliphatic carbocycles. The Morgan fingerprint density at radius 3 is 2.25 bits per heavy atom. The van der Waals surface area contributed by atoms with Gasteiger partial charge in [-0.3, -0.25) is 0 Å². The van der Waals surface area contributed by atoms with E-state index in [4.69, 9.17) is 5.73 Å². The summed E-state index contributed by atoms with van der Waals surface area (Å²) in [5.74, 6) is 0.593. The summed E-state index contributed by atoms with van der Waals surface area (Å²) >= 11 is 0. The van der Waals surface area contributed by atoms with Crippen molar-refractivity contribution in [1.29, 1.82) is 0 Å². The number of benzene rings is 2. The van der Waals surface area contributed by atoms with Crippen molar-refractivity contribution in [2.24, 2.45) is 0 Å². The standard InChI is InChI=1S/C18H24N2/c1-14(2)16-10-8-15(9-11-16)12-13-20(3)18-7-5-4-6-17(18)19/h4-11,14H,12-13,19H2,1-3H3. The summed E-state index contributed by atoms with van der Waals surface area (Å²) in [4.78, 5) is 2.21. The number of nitrogens with zero attached hydrogens (tertiary/aromatic N) is 1. The van der Waals surface area contributed by atoms with Gasteiger partial charge in [0.2, 0.25) is 0 Å². The highest BCUT2D eigenvalue weighted by Gasteiger charge is 2.05. The van der Waals surface area contributed by atoms with Gasteiger partial charge in [-0.25, -0.2) is 0 Å². The van der Waals surface area contributed by atoms with E-state index in [2.05, 4.69) is 56.1 Å². The molecule has 20 heavy (non-hydrogen) atoms. The lowest BCUT2D eigenvalue weighted by molar-refractivity contribution is 0.855. The van der Waals surface area contributed by atoms with E-state index in [1.807, 2.05) is 18.2 Å². The lowest BCUT2D eigenvalue weighted by atomic mass is 10.0. The van der Waals surface area contributed by atoms with E-state index in [1.165, 1.54) is 11.1 Å². The minimum atomic E-state index is 0.593. The van der Waals surface area contributed by atoms with E-state index < -0.39 is 0 Å². The molecule has 2 aromatic carbocycles. The molecule has 0 aliphatic rings. The molecular weight excluding hydrogens is 244 g/mol. The average Bonchev–Trinajstić information content (AvgIpc) is 2.45. The van der Waals surface area contributed by atoms with Crippen LogP contribution in [0, 0.1) is 0 Å². The van der Waals surface area contributed by atoms with Gasteiger partial charge in [0.15, 0.2) is 0 Å². The monoisotopic (exact) mass is 268 g/mol. The van der Waals surface area contributed by atoms with Crippen molar-refractivity contribution in [3.8, 4) is 0 Å². The number of hydrogen-bond donors (Lipinski definition) is 1. The minimum Gasteiger partial charge on any atom is -0.397 e. The Hall–Kier alpha value is -1.96. The second kappa shape index (κ2) is 6.47. The first-order valence-corrected chi connectivity index (χ1v) is 7.22. The Labute approximate surface area is 122 Å². The lowest BCUT2D eigenvalue weighted by Crippen LogP contribution is -2.21. The van der Waals surface area contributed by atoms with Gasteiger partial charge in [0.25, 0.3) is 0 Å². The zero-order chi connectivity index (χ0) is 14.5. The van der Waals surface area contributed by atoms with Crippen LogP contribution in [0.5, 0.6) is 0 Å². The van der Waals surface area contributed by atoms with Gasteiger partial charge in [-0.15, -0.1) is 0 Å². The topological polar surface area (TPSA) is 29.3 Å². The van der Waals surface area contributed by atoms with Crippen LogP contribution < -0.4 is 10.6 Å². The molecule has 0 radical (unpaired) electrons. The Morgan fingerprint density at radius 1 is 1.00 bits per heavy atom. The van der Waals surface area contributed by atoms with Crippen molar-refractivity contribution in [3.63, 3.8) is 0 Å². The van der Waals surface area contributed by atoms with Crippen molar-refractivity contribution < 1.29 is 0 Å². The van der Waals surface area contributed by atoms with Crippen LogP contribution in [-0.2, 0) is 6.42 Å². The van der Waals surface area contributed by atoms with Crippen molar-refractivity contribution in [2.45, 2.75) is 26.2 Å². The first-order valence-electron chi connectivity index (χ1n) is 7.22. The van der Waals surface area contributed by atoms with Gasteiger partial charge in [0.1, 0.15) is 0 Å². The smallest absolute Gasteiger partial charge is 0.0597 e. The van der Waals surface area contributed by atoms with Crippen molar-refractivity contribution in [1.82, 2.24) is 0 Å². The molecule has 0 bridgehead atoms. The van der Waals surface area contributed by atoms with E-state index in [1.54, 1.807) is 0 Å².